The molecule has 1 N–H and O–H groups in total. The van der Waals surface area contributed by atoms with Crippen molar-refractivity contribution in [3.05, 3.63) is 22.5 Å². The van der Waals surface area contributed by atoms with Gasteiger partial charge in [-0.3, -0.25) is 0 Å². The van der Waals surface area contributed by atoms with Crippen LogP contribution in [0.3, 0.4) is 0 Å². The van der Waals surface area contributed by atoms with Gasteiger partial charge in [0.1, 0.15) is 10.0 Å². The summed E-state index contributed by atoms with van der Waals surface area (Å²) < 4.78 is 0. The summed E-state index contributed by atoms with van der Waals surface area (Å²) in [5.74, 6) is 0.640. The summed E-state index contributed by atoms with van der Waals surface area (Å²) in [4.78, 5) is 0. The van der Waals surface area contributed by atoms with Crippen LogP contribution in [0.4, 0.5) is 0 Å². The number of hydrogen-bond donors (Lipinski definition) is 1. The van der Waals surface area contributed by atoms with Crippen molar-refractivity contribution >= 4 is 11.3 Å². The highest BCUT2D eigenvalue weighted by atomic mass is 32.1. The monoisotopic (exact) mass is 277 g/mol. The molecule has 0 aliphatic rings. The van der Waals surface area contributed by atoms with Gasteiger partial charge in [-0.1, -0.05) is 25.2 Å². The first-order valence-electron chi connectivity index (χ1n) is 6.40. The second-order valence-corrected chi connectivity index (χ2v) is 6.07. The van der Waals surface area contributed by atoms with Gasteiger partial charge < -0.3 is 5.32 Å². The lowest BCUT2D eigenvalue weighted by atomic mass is 10.2. The smallest absolute Gasteiger partial charge is 0.149 e. The number of aryl methyl sites for hydroxylation is 2. The fourth-order valence-corrected chi connectivity index (χ4v) is 2.55. The maximum Gasteiger partial charge on any atom is 0.149 e. The van der Waals surface area contributed by atoms with Crippen molar-refractivity contribution in [1.82, 2.24) is 25.7 Å². The minimum atomic E-state index is 0.640. The van der Waals surface area contributed by atoms with E-state index in [1.807, 2.05) is 19.9 Å². The average molecular weight is 277 g/mol. The van der Waals surface area contributed by atoms with Gasteiger partial charge in [-0.05, 0) is 32.4 Å². The zero-order valence-electron chi connectivity index (χ0n) is 11.8. The molecule has 0 bridgehead atoms. The molecule has 0 aromatic carbocycles. The van der Waals surface area contributed by atoms with Gasteiger partial charge in [0.2, 0.25) is 0 Å². The summed E-state index contributed by atoms with van der Waals surface area (Å²) >= 11 is 1.61. The van der Waals surface area contributed by atoms with Crippen molar-refractivity contribution < 1.29 is 0 Å². The highest BCUT2D eigenvalue weighted by molar-refractivity contribution is 7.14. The Balaban J connectivity index is 2.10. The summed E-state index contributed by atoms with van der Waals surface area (Å²) in [6.07, 6.45) is 0. The third-order valence-corrected chi connectivity index (χ3v) is 3.58. The van der Waals surface area contributed by atoms with E-state index in [1.165, 1.54) is 0 Å². The van der Waals surface area contributed by atoms with Crippen LogP contribution in [0.2, 0.25) is 0 Å². The molecule has 19 heavy (non-hydrogen) atoms. The van der Waals surface area contributed by atoms with Gasteiger partial charge in [-0.25, -0.2) is 0 Å². The zero-order valence-corrected chi connectivity index (χ0v) is 12.6. The van der Waals surface area contributed by atoms with Gasteiger partial charge in [-0.15, -0.1) is 10.2 Å². The normalized spacial score (nSPS) is 11.2. The molecule has 6 heteroatoms. The Morgan fingerprint density at radius 1 is 1.16 bits per heavy atom. The Bertz CT molecular complexity index is 550. The van der Waals surface area contributed by atoms with Crippen molar-refractivity contribution in [1.29, 1.82) is 0 Å². The van der Waals surface area contributed by atoms with Crippen LogP contribution < -0.4 is 5.32 Å². The van der Waals surface area contributed by atoms with Crippen LogP contribution in [-0.4, -0.2) is 26.9 Å². The molecule has 0 radical (unpaired) electrons. The molecule has 0 saturated heterocycles. The van der Waals surface area contributed by atoms with E-state index in [9.17, 15) is 0 Å². The molecule has 0 spiro atoms. The van der Waals surface area contributed by atoms with Gasteiger partial charge in [0, 0.05) is 12.1 Å². The molecule has 0 aliphatic heterocycles. The number of hydrogen-bond acceptors (Lipinski definition) is 6. The van der Waals surface area contributed by atoms with E-state index in [0.717, 1.165) is 40.1 Å². The zero-order chi connectivity index (χ0) is 13.8. The molecule has 0 fully saturated rings. The topological polar surface area (TPSA) is 63.6 Å². The van der Waals surface area contributed by atoms with Gasteiger partial charge in [-0.2, -0.15) is 10.2 Å². The highest BCUT2D eigenvalue weighted by Gasteiger charge is 2.10. The van der Waals surface area contributed by atoms with E-state index in [-0.39, 0.29) is 0 Å². The van der Waals surface area contributed by atoms with Crippen molar-refractivity contribution in [2.75, 3.05) is 6.54 Å². The molecule has 2 aromatic rings. The van der Waals surface area contributed by atoms with Crippen molar-refractivity contribution in [2.24, 2.45) is 5.92 Å². The molecular weight excluding hydrogens is 258 g/mol. The molecular formula is C13H19N5S. The van der Waals surface area contributed by atoms with Gasteiger partial charge in [0.25, 0.3) is 0 Å². The van der Waals surface area contributed by atoms with Crippen LogP contribution in [0, 0.1) is 19.8 Å². The maximum absolute atomic E-state index is 4.25. The fraction of sp³-hybridized carbons (Fsp3) is 0.538. The molecule has 102 valence electrons. The number of aromatic nitrogens is 4. The summed E-state index contributed by atoms with van der Waals surface area (Å²) in [6.45, 7) is 10.0. The van der Waals surface area contributed by atoms with Crippen LogP contribution in [0.15, 0.2) is 6.07 Å². The first-order valence-corrected chi connectivity index (χ1v) is 7.22. The van der Waals surface area contributed by atoms with E-state index >= 15 is 0 Å². The fourth-order valence-electron chi connectivity index (χ4n) is 1.67. The first-order chi connectivity index (χ1) is 9.06. The second-order valence-electron chi connectivity index (χ2n) is 5.01. The van der Waals surface area contributed by atoms with E-state index in [2.05, 4.69) is 39.6 Å². The largest absolute Gasteiger partial charge is 0.310 e. The lowest BCUT2D eigenvalue weighted by molar-refractivity contribution is 0.550. The van der Waals surface area contributed by atoms with Gasteiger partial charge >= 0.3 is 0 Å². The molecule has 5 nitrogen and oxygen atoms in total. The van der Waals surface area contributed by atoms with E-state index in [4.69, 9.17) is 0 Å². The third-order valence-electron chi connectivity index (χ3n) is 2.63. The number of nitrogens with zero attached hydrogens (tertiary/aromatic N) is 4. The average Bonchev–Trinajstić information content (AvgIpc) is 2.80. The Morgan fingerprint density at radius 2 is 1.95 bits per heavy atom. The summed E-state index contributed by atoms with van der Waals surface area (Å²) in [6, 6.07) is 2.01. The SMILES string of the molecule is Cc1cc(-c2nnc(CNCC(C)C)s2)c(C)nn1. The Labute approximate surface area is 117 Å². The second kappa shape index (κ2) is 6.16. The Hall–Kier alpha value is -1.40. The predicted octanol–water partition coefficient (Wildman–Crippen LogP) is 2.36. The standard InChI is InChI=1S/C13H19N5S/c1-8(2)6-14-7-12-17-18-13(19-12)11-5-9(3)15-16-10(11)4/h5,8,14H,6-7H2,1-4H3. The van der Waals surface area contributed by atoms with Crippen LogP contribution in [-0.2, 0) is 6.54 Å². The number of rotatable bonds is 5. The van der Waals surface area contributed by atoms with Crippen LogP contribution in [0.5, 0.6) is 0 Å². The van der Waals surface area contributed by atoms with Gasteiger partial charge in [0.05, 0.1) is 11.4 Å². The Morgan fingerprint density at radius 3 is 2.68 bits per heavy atom. The quantitative estimate of drug-likeness (QED) is 0.909. The van der Waals surface area contributed by atoms with E-state index in [1.54, 1.807) is 11.3 Å². The lowest BCUT2D eigenvalue weighted by Crippen LogP contribution is -2.18. The van der Waals surface area contributed by atoms with Crippen LogP contribution in [0.25, 0.3) is 10.6 Å². The Kier molecular flexibility index (Phi) is 4.55. The van der Waals surface area contributed by atoms with Gasteiger partial charge in [0.15, 0.2) is 0 Å². The summed E-state index contributed by atoms with van der Waals surface area (Å²) in [5, 5.41) is 21.9. The predicted molar refractivity (Wildman–Crippen MR) is 77.0 cm³/mol. The van der Waals surface area contributed by atoms with Crippen LogP contribution >= 0.6 is 11.3 Å². The molecule has 2 heterocycles. The molecule has 2 aromatic heterocycles. The molecule has 2 rings (SSSR count). The third kappa shape index (κ3) is 3.78. The number of nitrogens with one attached hydrogen (secondary N) is 1. The minimum absolute atomic E-state index is 0.640. The van der Waals surface area contributed by atoms with Crippen LogP contribution in [0.1, 0.15) is 30.2 Å². The van der Waals surface area contributed by atoms with E-state index in [0.29, 0.717) is 5.92 Å². The maximum atomic E-state index is 4.25. The van der Waals surface area contributed by atoms with Crippen molar-refractivity contribution in [2.45, 2.75) is 34.2 Å². The summed E-state index contributed by atoms with van der Waals surface area (Å²) in [7, 11) is 0. The molecule has 0 aliphatic carbocycles. The van der Waals surface area contributed by atoms with E-state index < -0.39 is 0 Å². The van der Waals surface area contributed by atoms with Crippen molar-refractivity contribution in [3.63, 3.8) is 0 Å². The molecule has 0 unspecified atom stereocenters. The lowest BCUT2D eigenvalue weighted by Gasteiger charge is -2.04. The molecule has 0 saturated carbocycles. The van der Waals surface area contributed by atoms with Crippen molar-refractivity contribution in [3.8, 4) is 10.6 Å². The first kappa shape index (κ1) is 14.0. The summed E-state index contributed by atoms with van der Waals surface area (Å²) in [5.41, 5.74) is 2.82. The highest BCUT2D eigenvalue weighted by Crippen LogP contribution is 2.25. The molecule has 0 amide bonds. The minimum Gasteiger partial charge on any atom is -0.310 e. The molecule has 0 atom stereocenters.